The zero-order valence-electron chi connectivity index (χ0n) is 13.9. The third-order valence-electron chi connectivity index (χ3n) is 3.68. The Kier molecular flexibility index (Phi) is 5.49. The minimum Gasteiger partial charge on any atom is -0.301 e. The van der Waals surface area contributed by atoms with Crippen LogP contribution in [0.4, 0.5) is 18.3 Å². The maximum absolute atomic E-state index is 12.5. The van der Waals surface area contributed by atoms with Crippen LogP contribution in [0, 0.1) is 0 Å². The van der Waals surface area contributed by atoms with Gasteiger partial charge in [0.25, 0.3) is 0 Å². The van der Waals surface area contributed by atoms with Crippen molar-refractivity contribution in [1.82, 2.24) is 15.2 Å². The predicted molar refractivity (Wildman–Crippen MR) is 92.1 cm³/mol. The zero-order valence-corrected chi connectivity index (χ0v) is 14.7. The second kappa shape index (κ2) is 7.82. The Hall–Kier alpha value is -2.82. The van der Waals surface area contributed by atoms with Gasteiger partial charge >= 0.3 is 6.18 Å². The van der Waals surface area contributed by atoms with Gasteiger partial charge in [0.15, 0.2) is 0 Å². The number of nitrogens with one attached hydrogen (secondary N) is 1. The van der Waals surface area contributed by atoms with Gasteiger partial charge in [-0.15, -0.1) is 10.2 Å². The molecule has 1 aliphatic rings. The fourth-order valence-electron chi connectivity index (χ4n) is 2.39. The number of anilines is 1. The van der Waals surface area contributed by atoms with Crippen LogP contribution in [0.5, 0.6) is 0 Å². The monoisotopic (exact) mass is 397 g/mol. The van der Waals surface area contributed by atoms with Crippen molar-refractivity contribution < 1.29 is 22.8 Å². The van der Waals surface area contributed by atoms with Crippen molar-refractivity contribution in [3.8, 4) is 0 Å². The molecular formula is C16H14F3N5O2S. The summed E-state index contributed by atoms with van der Waals surface area (Å²) in [4.78, 5) is 24.0. The van der Waals surface area contributed by atoms with Crippen LogP contribution in [0.15, 0.2) is 35.4 Å². The largest absolute Gasteiger partial charge is 0.445 e. The molecule has 0 bridgehead atoms. The maximum atomic E-state index is 12.5. The molecule has 2 heterocycles. The highest BCUT2D eigenvalue weighted by atomic mass is 32.1. The van der Waals surface area contributed by atoms with Gasteiger partial charge in [-0.25, -0.2) is 5.01 Å². The topological polar surface area (TPSA) is 87.5 Å². The second-order valence-corrected chi connectivity index (χ2v) is 6.62. The fourth-order valence-corrected chi connectivity index (χ4v) is 3.02. The standard InChI is InChI=1S/C16H14F3N5O2S/c17-16(18,19)14-21-22-15(27-14)20-12(25)6-7-13(26)24-9-8-11(23-24)10-4-2-1-3-5-10/h1-5H,6-9H2,(H,20,22,25). The van der Waals surface area contributed by atoms with E-state index in [0.29, 0.717) is 13.0 Å². The van der Waals surface area contributed by atoms with E-state index in [-0.39, 0.29) is 35.2 Å². The number of nitrogens with zero attached hydrogens (tertiary/aromatic N) is 4. The molecule has 0 aliphatic carbocycles. The van der Waals surface area contributed by atoms with Crippen LogP contribution in [-0.4, -0.2) is 39.3 Å². The Morgan fingerprint density at radius 1 is 1.15 bits per heavy atom. The number of halogens is 3. The molecule has 1 aliphatic heterocycles. The molecule has 0 atom stereocenters. The summed E-state index contributed by atoms with van der Waals surface area (Å²) >= 11 is 0.229. The molecule has 0 spiro atoms. The average Bonchev–Trinajstić information content (AvgIpc) is 3.30. The van der Waals surface area contributed by atoms with Gasteiger partial charge in [0, 0.05) is 19.3 Å². The van der Waals surface area contributed by atoms with Gasteiger partial charge in [0.1, 0.15) is 0 Å². The second-order valence-electron chi connectivity index (χ2n) is 5.64. The summed E-state index contributed by atoms with van der Waals surface area (Å²) in [6, 6.07) is 9.44. The number of hydrazone groups is 1. The lowest BCUT2D eigenvalue weighted by molar-refractivity contribution is -0.138. The number of hydrogen-bond acceptors (Lipinski definition) is 6. The minimum atomic E-state index is -4.61. The van der Waals surface area contributed by atoms with Crippen LogP contribution in [-0.2, 0) is 15.8 Å². The number of rotatable bonds is 5. The smallest absolute Gasteiger partial charge is 0.301 e. The molecule has 7 nitrogen and oxygen atoms in total. The molecule has 0 fully saturated rings. The van der Waals surface area contributed by atoms with Gasteiger partial charge in [-0.3, -0.25) is 9.59 Å². The van der Waals surface area contributed by atoms with Crippen molar-refractivity contribution in [2.75, 3.05) is 11.9 Å². The van der Waals surface area contributed by atoms with Crippen LogP contribution < -0.4 is 5.32 Å². The number of carbonyl (C=O) groups excluding carboxylic acids is 2. The van der Waals surface area contributed by atoms with E-state index in [9.17, 15) is 22.8 Å². The molecular weight excluding hydrogens is 383 g/mol. The molecule has 1 N–H and O–H groups in total. The third kappa shape index (κ3) is 4.88. The van der Waals surface area contributed by atoms with Crippen LogP contribution in [0.1, 0.15) is 29.8 Å². The quantitative estimate of drug-likeness (QED) is 0.840. The molecule has 1 aromatic carbocycles. The highest BCUT2D eigenvalue weighted by molar-refractivity contribution is 7.15. The molecule has 27 heavy (non-hydrogen) atoms. The molecule has 0 radical (unpaired) electrons. The van der Waals surface area contributed by atoms with Gasteiger partial charge in [-0.05, 0) is 5.56 Å². The van der Waals surface area contributed by atoms with E-state index in [1.807, 2.05) is 30.3 Å². The number of alkyl halides is 3. The molecule has 11 heteroatoms. The van der Waals surface area contributed by atoms with Gasteiger partial charge < -0.3 is 5.32 Å². The summed E-state index contributed by atoms with van der Waals surface area (Å²) in [5, 5.41) is 12.6. The summed E-state index contributed by atoms with van der Waals surface area (Å²) in [5.41, 5.74) is 1.73. The lowest BCUT2D eigenvalue weighted by atomic mass is 10.1. The zero-order chi connectivity index (χ0) is 19.4. The van der Waals surface area contributed by atoms with Crippen LogP contribution in [0.3, 0.4) is 0 Å². The Morgan fingerprint density at radius 2 is 1.89 bits per heavy atom. The van der Waals surface area contributed by atoms with Crippen molar-refractivity contribution in [1.29, 1.82) is 0 Å². The molecule has 2 aromatic rings. The normalized spacial score (nSPS) is 14.2. The van der Waals surface area contributed by atoms with Crippen molar-refractivity contribution in [2.24, 2.45) is 5.10 Å². The van der Waals surface area contributed by atoms with E-state index >= 15 is 0 Å². The number of aromatic nitrogens is 2. The third-order valence-corrected chi connectivity index (χ3v) is 4.56. The minimum absolute atomic E-state index is 0.109. The van der Waals surface area contributed by atoms with Gasteiger partial charge in [-0.2, -0.15) is 18.3 Å². The maximum Gasteiger partial charge on any atom is 0.445 e. The Balaban J connectivity index is 1.50. The van der Waals surface area contributed by atoms with Gasteiger partial charge in [-0.1, -0.05) is 41.7 Å². The molecule has 0 saturated carbocycles. The predicted octanol–water partition coefficient (Wildman–Crippen LogP) is 2.91. The summed E-state index contributed by atoms with van der Waals surface area (Å²) in [7, 11) is 0. The first kappa shape index (κ1) is 19.0. The molecule has 0 saturated heterocycles. The van der Waals surface area contributed by atoms with E-state index in [4.69, 9.17) is 0 Å². The average molecular weight is 397 g/mol. The Morgan fingerprint density at radius 3 is 2.56 bits per heavy atom. The summed E-state index contributed by atoms with van der Waals surface area (Å²) in [5.74, 6) is -0.941. The number of carbonyl (C=O) groups is 2. The highest BCUT2D eigenvalue weighted by Gasteiger charge is 2.35. The van der Waals surface area contributed by atoms with E-state index in [1.54, 1.807) is 0 Å². The Labute approximate surface area is 155 Å². The van der Waals surface area contributed by atoms with Crippen molar-refractivity contribution in [2.45, 2.75) is 25.4 Å². The molecule has 1 aromatic heterocycles. The van der Waals surface area contributed by atoms with Crippen molar-refractivity contribution in [3.63, 3.8) is 0 Å². The van der Waals surface area contributed by atoms with Crippen LogP contribution in [0.2, 0.25) is 0 Å². The fraction of sp³-hybridized carbons (Fsp3) is 0.312. The SMILES string of the molecule is O=C(CCC(=O)N1CCC(c2ccccc2)=N1)Nc1nnc(C(F)(F)F)s1. The lowest BCUT2D eigenvalue weighted by Crippen LogP contribution is -2.24. The molecule has 0 unspecified atom stereocenters. The first-order chi connectivity index (χ1) is 12.8. The van der Waals surface area contributed by atoms with E-state index < -0.39 is 17.1 Å². The molecule has 3 rings (SSSR count). The summed E-state index contributed by atoms with van der Waals surface area (Å²) in [6.07, 6.45) is -4.29. The van der Waals surface area contributed by atoms with Gasteiger partial charge in [0.05, 0.1) is 12.3 Å². The van der Waals surface area contributed by atoms with Crippen molar-refractivity contribution >= 4 is 34.0 Å². The van der Waals surface area contributed by atoms with E-state index in [0.717, 1.165) is 11.3 Å². The first-order valence-corrected chi connectivity index (χ1v) is 8.78. The summed E-state index contributed by atoms with van der Waals surface area (Å²) < 4.78 is 37.4. The molecule has 2 amide bonds. The Bertz CT molecular complexity index is 866. The van der Waals surface area contributed by atoms with Crippen molar-refractivity contribution in [3.05, 3.63) is 40.9 Å². The lowest BCUT2D eigenvalue weighted by Gasteiger charge is -2.10. The highest BCUT2D eigenvalue weighted by Crippen LogP contribution is 2.33. The van der Waals surface area contributed by atoms with E-state index in [1.165, 1.54) is 5.01 Å². The van der Waals surface area contributed by atoms with Crippen LogP contribution >= 0.6 is 11.3 Å². The van der Waals surface area contributed by atoms with E-state index in [2.05, 4.69) is 20.6 Å². The number of hydrogen-bond donors (Lipinski definition) is 1. The molecule has 142 valence electrons. The number of amides is 2. The van der Waals surface area contributed by atoms with Crippen LogP contribution in [0.25, 0.3) is 0 Å². The van der Waals surface area contributed by atoms with Gasteiger partial charge in [0.2, 0.25) is 22.0 Å². The first-order valence-electron chi connectivity index (χ1n) is 7.97. The summed E-state index contributed by atoms with van der Waals surface area (Å²) in [6.45, 7) is 0.427. The number of benzene rings is 1.